The van der Waals surface area contributed by atoms with Crippen molar-refractivity contribution in [3.05, 3.63) is 38.0 Å². The van der Waals surface area contributed by atoms with Gasteiger partial charge in [-0.25, -0.2) is 0 Å². The number of methoxy groups -OCH3 is 2. The first kappa shape index (κ1) is 14.5. The second-order valence-corrected chi connectivity index (χ2v) is 6.50. The number of ether oxygens (including phenoxy) is 2. The van der Waals surface area contributed by atoms with Crippen molar-refractivity contribution >= 4 is 44.6 Å². The van der Waals surface area contributed by atoms with E-state index in [4.69, 9.17) is 21.1 Å². The molecule has 0 unspecified atom stereocenters. The minimum Gasteiger partial charge on any atom is -0.495 e. The SMILES string of the molecule is COc1cc(NCc2csc(Br)c2)c(OC)cc1Cl. The predicted octanol–water partition coefficient (Wildman–Crippen LogP) is 4.79. The molecule has 102 valence electrons. The van der Waals surface area contributed by atoms with Gasteiger partial charge in [-0.1, -0.05) is 11.6 Å². The molecule has 2 rings (SSSR count). The van der Waals surface area contributed by atoms with Crippen LogP contribution in [0, 0.1) is 0 Å². The smallest absolute Gasteiger partial charge is 0.143 e. The molecule has 1 aromatic heterocycles. The Morgan fingerprint density at radius 2 is 1.95 bits per heavy atom. The van der Waals surface area contributed by atoms with Crippen molar-refractivity contribution in [3.8, 4) is 11.5 Å². The van der Waals surface area contributed by atoms with E-state index in [0.717, 1.165) is 9.47 Å². The van der Waals surface area contributed by atoms with Crippen molar-refractivity contribution in [1.29, 1.82) is 0 Å². The predicted molar refractivity (Wildman–Crippen MR) is 83.9 cm³/mol. The molecule has 0 spiro atoms. The summed E-state index contributed by atoms with van der Waals surface area (Å²) in [7, 11) is 3.21. The van der Waals surface area contributed by atoms with E-state index < -0.39 is 0 Å². The van der Waals surface area contributed by atoms with Crippen molar-refractivity contribution in [2.45, 2.75) is 6.54 Å². The molecule has 6 heteroatoms. The van der Waals surface area contributed by atoms with Gasteiger partial charge in [0, 0.05) is 18.7 Å². The summed E-state index contributed by atoms with van der Waals surface area (Å²) in [5, 5.41) is 5.94. The molecule has 0 fully saturated rings. The molecule has 0 aliphatic carbocycles. The molecule has 1 N–H and O–H groups in total. The van der Waals surface area contributed by atoms with Crippen LogP contribution in [0.4, 0.5) is 5.69 Å². The molecular formula is C13H13BrClNO2S. The normalized spacial score (nSPS) is 10.3. The number of anilines is 1. The Kier molecular flexibility index (Phi) is 4.96. The lowest BCUT2D eigenvalue weighted by Crippen LogP contribution is -2.01. The fourth-order valence-corrected chi connectivity index (χ4v) is 3.07. The lowest BCUT2D eigenvalue weighted by atomic mass is 10.2. The van der Waals surface area contributed by atoms with Gasteiger partial charge in [0.05, 0.1) is 28.7 Å². The van der Waals surface area contributed by atoms with E-state index in [9.17, 15) is 0 Å². The zero-order valence-electron chi connectivity index (χ0n) is 10.5. The number of hydrogen-bond acceptors (Lipinski definition) is 4. The molecule has 0 saturated carbocycles. The fraction of sp³-hybridized carbons (Fsp3) is 0.231. The van der Waals surface area contributed by atoms with Crippen LogP contribution in [-0.4, -0.2) is 14.2 Å². The quantitative estimate of drug-likeness (QED) is 0.829. The molecule has 0 radical (unpaired) electrons. The third kappa shape index (κ3) is 3.55. The van der Waals surface area contributed by atoms with Crippen LogP contribution >= 0.6 is 38.9 Å². The topological polar surface area (TPSA) is 30.5 Å². The van der Waals surface area contributed by atoms with Gasteiger partial charge in [0.1, 0.15) is 11.5 Å². The molecule has 0 saturated heterocycles. The first-order valence-electron chi connectivity index (χ1n) is 5.52. The van der Waals surface area contributed by atoms with E-state index >= 15 is 0 Å². The standard InChI is InChI=1S/C13H13BrClNO2S/c1-17-11-5-10(12(18-2)4-9(11)15)16-6-8-3-13(14)19-7-8/h3-5,7,16H,6H2,1-2H3. The molecule has 0 aliphatic heterocycles. The highest BCUT2D eigenvalue weighted by Gasteiger charge is 2.09. The highest BCUT2D eigenvalue weighted by molar-refractivity contribution is 9.11. The van der Waals surface area contributed by atoms with Crippen LogP contribution in [0.3, 0.4) is 0 Å². The van der Waals surface area contributed by atoms with Gasteiger partial charge >= 0.3 is 0 Å². The first-order chi connectivity index (χ1) is 9.13. The van der Waals surface area contributed by atoms with E-state index in [1.54, 1.807) is 31.6 Å². The van der Waals surface area contributed by atoms with E-state index in [1.807, 2.05) is 6.07 Å². The van der Waals surface area contributed by atoms with Crippen LogP contribution in [0.15, 0.2) is 27.4 Å². The summed E-state index contributed by atoms with van der Waals surface area (Å²) in [5.74, 6) is 1.32. The van der Waals surface area contributed by atoms with Crippen LogP contribution in [0.2, 0.25) is 5.02 Å². The Labute approximate surface area is 129 Å². The van der Waals surface area contributed by atoms with Crippen LogP contribution in [0.25, 0.3) is 0 Å². The summed E-state index contributed by atoms with van der Waals surface area (Å²) < 4.78 is 11.6. The Bertz CT molecular complexity index is 574. The monoisotopic (exact) mass is 361 g/mol. The largest absolute Gasteiger partial charge is 0.495 e. The second kappa shape index (κ2) is 6.50. The summed E-state index contributed by atoms with van der Waals surface area (Å²) >= 11 is 11.2. The van der Waals surface area contributed by atoms with Crippen LogP contribution in [-0.2, 0) is 6.54 Å². The van der Waals surface area contributed by atoms with E-state index in [-0.39, 0.29) is 0 Å². The van der Waals surface area contributed by atoms with Crippen LogP contribution in [0.5, 0.6) is 11.5 Å². The Morgan fingerprint density at radius 1 is 1.21 bits per heavy atom. The van der Waals surface area contributed by atoms with Gasteiger partial charge in [0.2, 0.25) is 0 Å². The van der Waals surface area contributed by atoms with Crippen molar-refractivity contribution in [3.63, 3.8) is 0 Å². The van der Waals surface area contributed by atoms with Gasteiger partial charge in [-0.15, -0.1) is 11.3 Å². The molecule has 0 aliphatic rings. The molecule has 19 heavy (non-hydrogen) atoms. The molecule has 0 atom stereocenters. The van der Waals surface area contributed by atoms with E-state index in [0.29, 0.717) is 23.1 Å². The third-order valence-electron chi connectivity index (χ3n) is 2.58. The molecule has 0 amide bonds. The van der Waals surface area contributed by atoms with Crippen molar-refractivity contribution < 1.29 is 9.47 Å². The van der Waals surface area contributed by atoms with E-state index in [2.05, 4.69) is 32.7 Å². The maximum Gasteiger partial charge on any atom is 0.143 e. The summed E-state index contributed by atoms with van der Waals surface area (Å²) in [5.41, 5.74) is 2.05. The number of thiophene rings is 1. The first-order valence-corrected chi connectivity index (χ1v) is 7.57. The minimum atomic E-state index is 0.531. The van der Waals surface area contributed by atoms with Gasteiger partial charge in [0.25, 0.3) is 0 Å². The van der Waals surface area contributed by atoms with Crippen LogP contribution in [0.1, 0.15) is 5.56 Å². The molecular weight excluding hydrogens is 350 g/mol. The lowest BCUT2D eigenvalue weighted by Gasteiger charge is -2.13. The average Bonchev–Trinajstić information content (AvgIpc) is 2.82. The molecule has 0 bridgehead atoms. The summed E-state index contributed by atoms with van der Waals surface area (Å²) in [4.78, 5) is 0. The Balaban J connectivity index is 2.18. The van der Waals surface area contributed by atoms with Gasteiger partial charge < -0.3 is 14.8 Å². The average molecular weight is 363 g/mol. The summed E-state index contributed by atoms with van der Waals surface area (Å²) in [6.07, 6.45) is 0. The Morgan fingerprint density at radius 3 is 2.53 bits per heavy atom. The Hall–Kier alpha value is -0.910. The highest BCUT2D eigenvalue weighted by Crippen LogP contribution is 2.36. The lowest BCUT2D eigenvalue weighted by molar-refractivity contribution is 0.404. The minimum absolute atomic E-state index is 0.531. The van der Waals surface area contributed by atoms with Gasteiger partial charge in [0.15, 0.2) is 0 Å². The fourth-order valence-electron chi connectivity index (χ4n) is 1.63. The number of hydrogen-bond donors (Lipinski definition) is 1. The number of rotatable bonds is 5. The molecule has 3 nitrogen and oxygen atoms in total. The molecule has 1 heterocycles. The molecule has 2 aromatic rings. The highest BCUT2D eigenvalue weighted by atomic mass is 79.9. The van der Waals surface area contributed by atoms with Gasteiger partial charge in [-0.3, -0.25) is 0 Å². The number of nitrogens with one attached hydrogen (secondary N) is 1. The zero-order chi connectivity index (χ0) is 13.8. The van der Waals surface area contributed by atoms with Crippen molar-refractivity contribution in [1.82, 2.24) is 0 Å². The summed E-state index contributed by atoms with van der Waals surface area (Å²) in [6, 6.07) is 5.66. The van der Waals surface area contributed by atoms with E-state index in [1.165, 1.54) is 5.56 Å². The van der Waals surface area contributed by atoms with Crippen molar-refractivity contribution in [2.75, 3.05) is 19.5 Å². The third-order valence-corrected chi connectivity index (χ3v) is 4.43. The second-order valence-electron chi connectivity index (χ2n) is 3.80. The maximum absolute atomic E-state index is 6.06. The maximum atomic E-state index is 6.06. The van der Waals surface area contributed by atoms with Crippen molar-refractivity contribution in [2.24, 2.45) is 0 Å². The zero-order valence-corrected chi connectivity index (χ0v) is 13.7. The van der Waals surface area contributed by atoms with Gasteiger partial charge in [-0.05, 0) is 32.9 Å². The number of benzene rings is 1. The number of halogens is 2. The van der Waals surface area contributed by atoms with Crippen LogP contribution < -0.4 is 14.8 Å². The summed E-state index contributed by atoms with van der Waals surface area (Å²) in [6.45, 7) is 0.712. The molecule has 1 aromatic carbocycles. The van der Waals surface area contributed by atoms with Gasteiger partial charge in [-0.2, -0.15) is 0 Å².